The number of para-hydroxylation sites is 1. The van der Waals surface area contributed by atoms with Gasteiger partial charge in [-0.15, -0.1) is 0 Å². The minimum atomic E-state index is 0.103. The van der Waals surface area contributed by atoms with E-state index in [0.29, 0.717) is 12.3 Å². The molecule has 3 rings (SSSR count). The Labute approximate surface area is 184 Å². The molecule has 0 N–H and O–H groups in total. The van der Waals surface area contributed by atoms with Gasteiger partial charge in [0.25, 0.3) is 0 Å². The van der Waals surface area contributed by atoms with Crippen LogP contribution in [0.4, 0.5) is 5.69 Å². The standard InChI is InChI=1S/C25H42N4O/c1-6-25(5,29-20-14-26(15-21-29)22-10-8-7-9-11-22)13-12-23(30)27-16-18-28(19-17-27)24(2,3)4/h7-11H,6,12-21H2,1-5H3. The van der Waals surface area contributed by atoms with Crippen LogP contribution in [0.1, 0.15) is 53.9 Å². The lowest BCUT2D eigenvalue weighted by Crippen LogP contribution is -2.56. The Kier molecular flexibility index (Phi) is 7.46. The van der Waals surface area contributed by atoms with Gasteiger partial charge >= 0.3 is 0 Å². The van der Waals surface area contributed by atoms with Gasteiger partial charge in [0.1, 0.15) is 0 Å². The van der Waals surface area contributed by atoms with E-state index in [1.54, 1.807) is 0 Å². The summed E-state index contributed by atoms with van der Waals surface area (Å²) in [4.78, 5) is 22.6. The summed E-state index contributed by atoms with van der Waals surface area (Å²) in [7, 11) is 0. The Morgan fingerprint density at radius 3 is 1.93 bits per heavy atom. The number of anilines is 1. The fourth-order valence-corrected chi connectivity index (χ4v) is 4.86. The summed E-state index contributed by atoms with van der Waals surface area (Å²) in [6.45, 7) is 19.4. The second-order valence-corrected chi connectivity index (χ2v) is 10.2. The summed E-state index contributed by atoms with van der Waals surface area (Å²) in [5.74, 6) is 0.339. The third-order valence-electron chi connectivity index (χ3n) is 7.38. The lowest BCUT2D eigenvalue weighted by Gasteiger charge is -2.47. The molecule has 0 radical (unpaired) electrons. The molecule has 2 aliphatic rings. The van der Waals surface area contributed by atoms with Gasteiger partial charge in [0.2, 0.25) is 5.91 Å². The normalized spacial score (nSPS) is 21.5. The van der Waals surface area contributed by atoms with E-state index in [9.17, 15) is 4.79 Å². The summed E-state index contributed by atoms with van der Waals surface area (Å²) in [5, 5.41) is 0. The summed E-state index contributed by atoms with van der Waals surface area (Å²) >= 11 is 0. The molecule has 5 heteroatoms. The maximum Gasteiger partial charge on any atom is 0.222 e. The number of carbonyl (C=O) groups is 1. The fraction of sp³-hybridized carbons (Fsp3) is 0.720. The molecule has 2 heterocycles. The van der Waals surface area contributed by atoms with Gasteiger partial charge in [-0.1, -0.05) is 25.1 Å². The van der Waals surface area contributed by atoms with Crippen molar-refractivity contribution in [3.63, 3.8) is 0 Å². The zero-order valence-electron chi connectivity index (χ0n) is 19.9. The number of piperazine rings is 2. The van der Waals surface area contributed by atoms with Crippen molar-refractivity contribution in [1.29, 1.82) is 0 Å². The van der Waals surface area contributed by atoms with E-state index in [4.69, 9.17) is 0 Å². The Morgan fingerprint density at radius 2 is 1.40 bits per heavy atom. The van der Waals surface area contributed by atoms with Gasteiger partial charge in [-0.25, -0.2) is 0 Å². The number of hydrogen-bond donors (Lipinski definition) is 0. The van der Waals surface area contributed by atoms with Crippen LogP contribution in [-0.2, 0) is 4.79 Å². The average Bonchev–Trinajstić information content (AvgIpc) is 2.77. The van der Waals surface area contributed by atoms with Crippen LogP contribution in [0.3, 0.4) is 0 Å². The highest BCUT2D eigenvalue weighted by Gasteiger charge is 2.34. The van der Waals surface area contributed by atoms with Gasteiger partial charge in [-0.05, 0) is 52.7 Å². The molecule has 168 valence electrons. The first kappa shape index (κ1) is 23.1. The summed E-state index contributed by atoms with van der Waals surface area (Å²) in [6.07, 6.45) is 2.70. The molecule has 1 aromatic carbocycles. The molecule has 2 fully saturated rings. The first-order chi connectivity index (χ1) is 14.2. The quantitative estimate of drug-likeness (QED) is 0.710. The number of benzene rings is 1. The predicted octanol–water partition coefficient (Wildman–Crippen LogP) is 3.70. The van der Waals surface area contributed by atoms with E-state index < -0.39 is 0 Å². The Morgan fingerprint density at radius 1 is 0.833 bits per heavy atom. The highest BCUT2D eigenvalue weighted by molar-refractivity contribution is 5.76. The van der Waals surface area contributed by atoms with Crippen molar-refractivity contribution in [3.05, 3.63) is 30.3 Å². The van der Waals surface area contributed by atoms with Crippen molar-refractivity contribution in [1.82, 2.24) is 14.7 Å². The second kappa shape index (κ2) is 9.69. The Bertz CT molecular complexity index is 670. The van der Waals surface area contributed by atoms with Crippen molar-refractivity contribution in [2.75, 3.05) is 57.3 Å². The summed E-state index contributed by atoms with van der Waals surface area (Å²) in [6, 6.07) is 10.7. The first-order valence-corrected chi connectivity index (χ1v) is 11.8. The molecule has 0 saturated carbocycles. The van der Waals surface area contributed by atoms with Crippen LogP contribution in [0.15, 0.2) is 30.3 Å². The highest BCUT2D eigenvalue weighted by Crippen LogP contribution is 2.28. The van der Waals surface area contributed by atoms with E-state index in [0.717, 1.165) is 65.2 Å². The van der Waals surface area contributed by atoms with Crippen LogP contribution < -0.4 is 4.90 Å². The molecule has 1 aromatic rings. The number of rotatable bonds is 6. The fourth-order valence-electron chi connectivity index (χ4n) is 4.86. The molecule has 1 unspecified atom stereocenters. The predicted molar refractivity (Wildman–Crippen MR) is 126 cm³/mol. The van der Waals surface area contributed by atoms with Crippen molar-refractivity contribution in [3.8, 4) is 0 Å². The van der Waals surface area contributed by atoms with Crippen LogP contribution in [0.2, 0.25) is 0 Å². The third-order valence-corrected chi connectivity index (χ3v) is 7.38. The average molecular weight is 415 g/mol. The van der Waals surface area contributed by atoms with Crippen molar-refractivity contribution < 1.29 is 4.79 Å². The maximum absolute atomic E-state index is 12.9. The Balaban J connectivity index is 1.48. The number of nitrogens with zero attached hydrogens (tertiary/aromatic N) is 4. The third kappa shape index (κ3) is 5.55. The molecule has 1 atom stereocenters. The second-order valence-electron chi connectivity index (χ2n) is 10.2. The molecule has 2 saturated heterocycles. The van der Waals surface area contributed by atoms with Gasteiger partial charge in [-0.3, -0.25) is 14.6 Å². The lowest BCUT2D eigenvalue weighted by molar-refractivity contribution is -0.134. The first-order valence-electron chi connectivity index (χ1n) is 11.8. The highest BCUT2D eigenvalue weighted by atomic mass is 16.2. The van der Waals surface area contributed by atoms with Crippen LogP contribution in [0, 0.1) is 0 Å². The number of carbonyl (C=O) groups excluding carboxylic acids is 1. The topological polar surface area (TPSA) is 30.0 Å². The van der Waals surface area contributed by atoms with Gasteiger partial charge in [0.15, 0.2) is 0 Å². The van der Waals surface area contributed by atoms with Crippen molar-refractivity contribution >= 4 is 11.6 Å². The van der Waals surface area contributed by atoms with Gasteiger partial charge in [0.05, 0.1) is 0 Å². The SMILES string of the molecule is CCC(C)(CCC(=O)N1CCN(C(C)(C)C)CC1)N1CCN(c2ccccc2)CC1. The summed E-state index contributed by atoms with van der Waals surface area (Å²) in [5.41, 5.74) is 1.61. The van der Waals surface area contributed by atoms with Gasteiger partial charge in [-0.2, -0.15) is 0 Å². The Hall–Kier alpha value is -1.59. The smallest absolute Gasteiger partial charge is 0.222 e. The number of amides is 1. The van der Waals surface area contributed by atoms with Crippen LogP contribution in [0.25, 0.3) is 0 Å². The van der Waals surface area contributed by atoms with Crippen molar-refractivity contribution in [2.24, 2.45) is 0 Å². The van der Waals surface area contributed by atoms with E-state index in [2.05, 4.69) is 84.6 Å². The van der Waals surface area contributed by atoms with Crippen LogP contribution >= 0.6 is 0 Å². The zero-order chi connectivity index (χ0) is 21.8. The molecular formula is C25H42N4O. The molecule has 1 amide bonds. The largest absolute Gasteiger partial charge is 0.369 e. The zero-order valence-corrected chi connectivity index (χ0v) is 19.9. The molecule has 0 spiro atoms. The molecule has 0 aliphatic carbocycles. The maximum atomic E-state index is 12.9. The molecule has 2 aliphatic heterocycles. The molecular weight excluding hydrogens is 372 g/mol. The number of hydrogen-bond acceptors (Lipinski definition) is 4. The van der Waals surface area contributed by atoms with E-state index in [-0.39, 0.29) is 11.1 Å². The minimum Gasteiger partial charge on any atom is -0.369 e. The van der Waals surface area contributed by atoms with Crippen LogP contribution in [0.5, 0.6) is 0 Å². The van der Waals surface area contributed by atoms with Crippen molar-refractivity contribution in [2.45, 2.75) is 65.0 Å². The van der Waals surface area contributed by atoms with E-state index in [1.807, 2.05) is 0 Å². The molecule has 5 nitrogen and oxygen atoms in total. The summed E-state index contributed by atoms with van der Waals surface area (Å²) < 4.78 is 0. The van der Waals surface area contributed by atoms with Gasteiger partial charge < -0.3 is 9.80 Å². The van der Waals surface area contributed by atoms with Crippen LogP contribution in [-0.4, -0.2) is 84.0 Å². The lowest BCUT2D eigenvalue weighted by atomic mass is 9.89. The minimum absolute atomic E-state index is 0.103. The van der Waals surface area contributed by atoms with E-state index >= 15 is 0 Å². The molecule has 0 aromatic heterocycles. The molecule has 30 heavy (non-hydrogen) atoms. The van der Waals surface area contributed by atoms with Gasteiger partial charge in [0, 0.05) is 75.5 Å². The molecule has 0 bridgehead atoms. The monoisotopic (exact) mass is 414 g/mol. The van der Waals surface area contributed by atoms with E-state index in [1.165, 1.54) is 5.69 Å².